The van der Waals surface area contributed by atoms with Crippen molar-refractivity contribution in [1.29, 1.82) is 0 Å². The van der Waals surface area contributed by atoms with E-state index in [0.29, 0.717) is 11.8 Å². The molecule has 0 radical (unpaired) electrons. The monoisotopic (exact) mass is 285 g/mol. The van der Waals surface area contributed by atoms with Gasteiger partial charge < -0.3 is 10.3 Å². The first-order valence-electron chi connectivity index (χ1n) is 7.87. The van der Waals surface area contributed by atoms with Gasteiger partial charge >= 0.3 is 0 Å². The van der Waals surface area contributed by atoms with Crippen LogP contribution in [0.1, 0.15) is 56.3 Å². The van der Waals surface area contributed by atoms with Crippen LogP contribution in [0.2, 0.25) is 0 Å². The zero-order chi connectivity index (χ0) is 14.8. The van der Waals surface area contributed by atoms with Crippen molar-refractivity contribution in [1.82, 2.24) is 10.1 Å². The van der Waals surface area contributed by atoms with Gasteiger partial charge in [-0.1, -0.05) is 18.5 Å². The van der Waals surface area contributed by atoms with Crippen LogP contribution in [0.5, 0.6) is 0 Å². The number of nitrogens with zero attached hydrogens (tertiary/aromatic N) is 2. The molecule has 1 heterocycles. The van der Waals surface area contributed by atoms with Crippen molar-refractivity contribution in [3.8, 4) is 11.5 Å². The topological polar surface area (TPSA) is 64.9 Å². The van der Waals surface area contributed by atoms with Crippen LogP contribution in [0.15, 0.2) is 22.7 Å². The molecule has 1 aromatic carbocycles. The summed E-state index contributed by atoms with van der Waals surface area (Å²) >= 11 is 0. The van der Waals surface area contributed by atoms with Crippen molar-refractivity contribution in [3.05, 3.63) is 29.6 Å². The van der Waals surface area contributed by atoms with Gasteiger partial charge in [0.1, 0.15) is 0 Å². The zero-order valence-electron chi connectivity index (χ0n) is 12.8. The fourth-order valence-electron chi connectivity index (χ4n) is 3.16. The van der Waals surface area contributed by atoms with Crippen molar-refractivity contribution < 1.29 is 4.52 Å². The summed E-state index contributed by atoms with van der Waals surface area (Å²) in [4.78, 5) is 4.61. The van der Waals surface area contributed by atoms with E-state index in [0.717, 1.165) is 28.6 Å². The predicted molar refractivity (Wildman–Crippen MR) is 83.9 cm³/mol. The number of hydrogen-bond acceptors (Lipinski definition) is 4. The highest BCUT2D eigenvalue weighted by molar-refractivity contribution is 5.60. The molecule has 1 aromatic heterocycles. The molecule has 3 rings (SSSR count). The maximum absolute atomic E-state index is 5.85. The Bertz CT molecular complexity index is 612. The zero-order valence-corrected chi connectivity index (χ0v) is 12.8. The number of hydrogen-bond donors (Lipinski definition) is 1. The number of anilines is 1. The second-order valence-corrected chi connectivity index (χ2v) is 6.15. The molecule has 0 atom stereocenters. The van der Waals surface area contributed by atoms with E-state index in [1.54, 1.807) is 0 Å². The molecule has 1 aliphatic carbocycles. The molecule has 2 aromatic rings. The van der Waals surface area contributed by atoms with E-state index < -0.39 is 0 Å². The average Bonchev–Trinajstić information content (AvgIpc) is 3.00. The van der Waals surface area contributed by atoms with Crippen LogP contribution in [0.4, 0.5) is 5.69 Å². The SMILES string of the molecule is CCC1CCC(c2noc(-c3ccc(N)c(C)c3)n2)CC1. The molecule has 4 heteroatoms. The van der Waals surface area contributed by atoms with Crippen molar-refractivity contribution in [2.45, 2.75) is 51.9 Å². The molecule has 4 nitrogen and oxygen atoms in total. The van der Waals surface area contributed by atoms with E-state index in [-0.39, 0.29) is 0 Å². The van der Waals surface area contributed by atoms with E-state index >= 15 is 0 Å². The van der Waals surface area contributed by atoms with Crippen LogP contribution < -0.4 is 5.73 Å². The summed E-state index contributed by atoms with van der Waals surface area (Å²) in [7, 11) is 0. The van der Waals surface area contributed by atoms with Gasteiger partial charge in [0, 0.05) is 17.2 Å². The normalized spacial score (nSPS) is 22.4. The lowest BCUT2D eigenvalue weighted by atomic mass is 9.80. The maximum Gasteiger partial charge on any atom is 0.257 e. The third kappa shape index (κ3) is 2.94. The Kier molecular flexibility index (Phi) is 3.95. The fourth-order valence-corrected chi connectivity index (χ4v) is 3.16. The minimum absolute atomic E-state index is 0.458. The minimum Gasteiger partial charge on any atom is -0.399 e. The van der Waals surface area contributed by atoms with Gasteiger partial charge in [0.25, 0.3) is 5.89 Å². The maximum atomic E-state index is 5.85. The van der Waals surface area contributed by atoms with Crippen molar-refractivity contribution >= 4 is 5.69 Å². The molecule has 1 fully saturated rings. The molecule has 1 aliphatic rings. The summed E-state index contributed by atoms with van der Waals surface area (Å²) in [6.07, 6.45) is 6.21. The quantitative estimate of drug-likeness (QED) is 0.853. The Morgan fingerprint density at radius 1 is 1.24 bits per heavy atom. The van der Waals surface area contributed by atoms with Crippen LogP contribution in [0.25, 0.3) is 11.5 Å². The molecule has 1 saturated carbocycles. The highest BCUT2D eigenvalue weighted by Crippen LogP contribution is 2.36. The standard InChI is InChI=1S/C17H23N3O/c1-3-12-4-6-13(7-5-12)16-19-17(21-20-16)14-8-9-15(18)11(2)10-14/h8-10,12-13H,3-7,18H2,1-2H3. The van der Waals surface area contributed by atoms with Crippen LogP contribution in [0, 0.1) is 12.8 Å². The second kappa shape index (κ2) is 5.88. The number of rotatable bonds is 3. The van der Waals surface area contributed by atoms with E-state index in [1.165, 1.54) is 32.1 Å². The molecule has 0 unspecified atom stereocenters. The van der Waals surface area contributed by atoms with E-state index in [9.17, 15) is 0 Å². The van der Waals surface area contributed by atoms with E-state index in [1.807, 2.05) is 25.1 Å². The summed E-state index contributed by atoms with van der Waals surface area (Å²) in [5.41, 5.74) is 8.62. The summed E-state index contributed by atoms with van der Waals surface area (Å²) in [5, 5.41) is 4.20. The van der Waals surface area contributed by atoms with Crippen LogP contribution in [-0.4, -0.2) is 10.1 Å². The molecule has 0 saturated heterocycles. The van der Waals surface area contributed by atoms with Gasteiger partial charge in [-0.3, -0.25) is 0 Å². The van der Waals surface area contributed by atoms with Crippen LogP contribution in [0.3, 0.4) is 0 Å². The molecule has 2 N–H and O–H groups in total. The van der Waals surface area contributed by atoms with Crippen LogP contribution >= 0.6 is 0 Å². The fraction of sp³-hybridized carbons (Fsp3) is 0.529. The Morgan fingerprint density at radius 3 is 2.67 bits per heavy atom. The number of nitrogen functional groups attached to an aromatic ring is 1. The number of aryl methyl sites for hydroxylation is 1. The number of nitrogens with two attached hydrogens (primary N) is 1. The van der Waals surface area contributed by atoms with E-state index in [2.05, 4.69) is 17.1 Å². The molecular weight excluding hydrogens is 262 g/mol. The highest BCUT2D eigenvalue weighted by atomic mass is 16.5. The van der Waals surface area contributed by atoms with Crippen molar-refractivity contribution in [2.75, 3.05) is 5.73 Å². The highest BCUT2D eigenvalue weighted by Gasteiger charge is 2.25. The van der Waals surface area contributed by atoms with Gasteiger partial charge in [-0.2, -0.15) is 4.98 Å². The molecule has 21 heavy (non-hydrogen) atoms. The summed E-state index contributed by atoms with van der Waals surface area (Å²) in [6.45, 7) is 4.27. The lowest BCUT2D eigenvalue weighted by Crippen LogP contribution is -2.13. The summed E-state index contributed by atoms with van der Waals surface area (Å²) < 4.78 is 5.45. The van der Waals surface area contributed by atoms with Crippen LogP contribution in [-0.2, 0) is 0 Å². The molecule has 0 bridgehead atoms. The van der Waals surface area contributed by atoms with Gasteiger partial charge in [-0.25, -0.2) is 0 Å². The van der Waals surface area contributed by atoms with Gasteiger partial charge in [0.05, 0.1) is 0 Å². The third-order valence-electron chi connectivity index (χ3n) is 4.75. The van der Waals surface area contributed by atoms with Crippen molar-refractivity contribution in [3.63, 3.8) is 0 Å². The third-order valence-corrected chi connectivity index (χ3v) is 4.75. The Morgan fingerprint density at radius 2 is 2.00 bits per heavy atom. The Balaban J connectivity index is 1.76. The molecule has 0 spiro atoms. The molecular formula is C17H23N3O. The van der Waals surface area contributed by atoms with Gasteiger partial charge in [-0.15, -0.1) is 0 Å². The first kappa shape index (κ1) is 14.1. The molecule has 112 valence electrons. The average molecular weight is 285 g/mol. The van der Waals surface area contributed by atoms with Gasteiger partial charge in [0.15, 0.2) is 5.82 Å². The first-order chi connectivity index (χ1) is 10.2. The lowest BCUT2D eigenvalue weighted by Gasteiger charge is -2.25. The first-order valence-corrected chi connectivity index (χ1v) is 7.87. The largest absolute Gasteiger partial charge is 0.399 e. The molecule has 0 aliphatic heterocycles. The predicted octanol–water partition coefficient (Wildman–Crippen LogP) is 4.31. The van der Waals surface area contributed by atoms with Gasteiger partial charge in [-0.05, 0) is 62.3 Å². The second-order valence-electron chi connectivity index (χ2n) is 6.15. The van der Waals surface area contributed by atoms with E-state index in [4.69, 9.17) is 10.3 Å². The lowest BCUT2D eigenvalue weighted by molar-refractivity contribution is 0.305. The number of benzene rings is 1. The number of aromatic nitrogens is 2. The van der Waals surface area contributed by atoms with Crippen molar-refractivity contribution in [2.24, 2.45) is 5.92 Å². The summed E-state index contributed by atoms with van der Waals surface area (Å²) in [5.74, 6) is 2.81. The summed E-state index contributed by atoms with van der Waals surface area (Å²) in [6, 6.07) is 5.83. The Hall–Kier alpha value is -1.84. The molecule has 0 amide bonds. The van der Waals surface area contributed by atoms with Gasteiger partial charge in [0.2, 0.25) is 0 Å². The Labute approximate surface area is 125 Å². The smallest absolute Gasteiger partial charge is 0.257 e. The minimum atomic E-state index is 0.458.